The summed E-state index contributed by atoms with van der Waals surface area (Å²) in [5.41, 5.74) is 0.0896. The lowest BCUT2D eigenvalue weighted by Crippen LogP contribution is -2.29. The summed E-state index contributed by atoms with van der Waals surface area (Å²) in [4.78, 5) is -0.719. The number of hydrogen-bond donors (Lipinski definition) is 2. The molecule has 0 atom stereocenters. The fourth-order valence-electron chi connectivity index (χ4n) is 1.73. The molecular formula is C12H14ClF3N2O2S. The highest BCUT2D eigenvalue weighted by Gasteiger charge is 2.25. The van der Waals surface area contributed by atoms with Gasteiger partial charge in [-0.05, 0) is 25.0 Å². The van der Waals surface area contributed by atoms with Crippen LogP contribution in [-0.4, -0.2) is 27.4 Å². The molecule has 1 aromatic carbocycles. The van der Waals surface area contributed by atoms with Crippen molar-refractivity contribution < 1.29 is 21.6 Å². The van der Waals surface area contributed by atoms with Gasteiger partial charge in [0.25, 0.3) is 6.43 Å². The molecule has 0 heterocycles. The zero-order valence-corrected chi connectivity index (χ0v) is 12.4. The van der Waals surface area contributed by atoms with E-state index in [9.17, 15) is 21.6 Å². The molecular weight excluding hydrogens is 329 g/mol. The first-order chi connectivity index (χ1) is 9.79. The van der Waals surface area contributed by atoms with Crippen molar-refractivity contribution in [3.05, 3.63) is 28.5 Å². The summed E-state index contributed by atoms with van der Waals surface area (Å²) in [7, 11) is -4.37. The molecule has 118 valence electrons. The topological polar surface area (TPSA) is 58.2 Å². The molecule has 0 aliphatic heterocycles. The second-order valence-electron chi connectivity index (χ2n) is 4.78. The molecule has 4 nitrogen and oxygen atoms in total. The molecule has 1 aliphatic carbocycles. The van der Waals surface area contributed by atoms with Gasteiger partial charge in [0, 0.05) is 23.2 Å². The minimum absolute atomic E-state index is 0.0291. The summed E-state index contributed by atoms with van der Waals surface area (Å²) < 4.78 is 63.8. The number of benzene rings is 1. The van der Waals surface area contributed by atoms with Crippen LogP contribution in [-0.2, 0) is 16.6 Å². The van der Waals surface area contributed by atoms with E-state index in [1.165, 1.54) is 6.07 Å². The maximum absolute atomic E-state index is 14.2. The fraction of sp³-hybridized carbons (Fsp3) is 0.500. The Morgan fingerprint density at radius 3 is 2.57 bits per heavy atom. The normalized spacial score (nSPS) is 15.7. The molecule has 21 heavy (non-hydrogen) atoms. The van der Waals surface area contributed by atoms with E-state index in [1.807, 2.05) is 0 Å². The van der Waals surface area contributed by atoms with Crippen LogP contribution in [0, 0.1) is 5.82 Å². The van der Waals surface area contributed by atoms with Gasteiger partial charge in [-0.1, -0.05) is 11.6 Å². The second-order valence-corrected chi connectivity index (χ2v) is 6.95. The van der Waals surface area contributed by atoms with Crippen molar-refractivity contribution in [3.63, 3.8) is 0 Å². The minimum atomic E-state index is -4.37. The van der Waals surface area contributed by atoms with Crippen LogP contribution in [0.2, 0.25) is 5.02 Å². The standard InChI is InChI=1S/C12H14ClF3N2O2S/c13-8-3-7(5-17-9-1-2-9)12(16)10(4-8)21(19,20)18-6-11(14)15/h3-4,9,11,17-18H,1-2,5-6H2. The molecule has 2 N–H and O–H groups in total. The zero-order valence-electron chi connectivity index (χ0n) is 10.9. The molecule has 1 aromatic rings. The van der Waals surface area contributed by atoms with E-state index in [-0.39, 0.29) is 17.1 Å². The van der Waals surface area contributed by atoms with Gasteiger partial charge in [0.2, 0.25) is 10.0 Å². The van der Waals surface area contributed by atoms with Crippen molar-refractivity contribution >= 4 is 21.6 Å². The van der Waals surface area contributed by atoms with Crippen molar-refractivity contribution in [3.8, 4) is 0 Å². The van der Waals surface area contributed by atoms with Gasteiger partial charge >= 0.3 is 0 Å². The van der Waals surface area contributed by atoms with Gasteiger partial charge in [-0.3, -0.25) is 0 Å². The molecule has 0 saturated heterocycles. The predicted molar refractivity (Wildman–Crippen MR) is 72.5 cm³/mol. The average Bonchev–Trinajstić information content (AvgIpc) is 3.21. The molecule has 0 radical (unpaired) electrons. The highest BCUT2D eigenvalue weighted by molar-refractivity contribution is 7.89. The Balaban J connectivity index is 2.24. The molecule has 2 rings (SSSR count). The number of alkyl halides is 2. The first-order valence-electron chi connectivity index (χ1n) is 6.28. The van der Waals surface area contributed by atoms with Gasteiger partial charge < -0.3 is 5.32 Å². The first kappa shape index (κ1) is 16.5. The molecule has 0 bridgehead atoms. The summed E-state index contributed by atoms with van der Waals surface area (Å²) in [5, 5.41) is 3.07. The Morgan fingerprint density at radius 2 is 2.00 bits per heavy atom. The van der Waals surface area contributed by atoms with Crippen molar-refractivity contribution in [2.75, 3.05) is 6.54 Å². The van der Waals surface area contributed by atoms with Crippen molar-refractivity contribution in [2.45, 2.75) is 36.7 Å². The smallest absolute Gasteiger partial charge is 0.251 e. The molecule has 1 fully saturated rings. The summed E-state index contributed by atoms with van der Waals surface area (Å²) in [5.74, 6) is -0.977. The van der Waals surface area contributed by atoms with E-state index in [4.69, 9.17) is 11.6 Å². The molecule has 1 saturated carbocycles. The van der Waals surface area contributed by atoms with Crippen LogP contribution in [0.5, 0.6) is 0 Å². The number of sulfonamides is 1. The Labute approximate surface area is 125 Å². The third kappa shape index (κ3) is 4.57. The highest BCUT2D eigenvalue weighted by atomic mass is 35.5. The van der Waals surface area contributed by atoms with E-state index >= 15 is 0 Å². The summed E-state index contributed by atoms with van der Waals surface area (Å²) >= 11 is 5.79. The Bertz CT molecular complexity index is 621. The van der Waals surface area contributed by atoms with Gasteiger partial charge in [-0.25, -0.2) is 26.3 Å². The molecule has 0 unspecified atom stereocenters. The number of halogens is 4. The van der Waals surface area contributed by atoms with Gasteiger partial charge in [0.15, 0.2) is 0 Å². The number of hydrogen-bond acceptors (Lipinski definition) is 3. The fourth-order valence-corrected chi connectivity index (χ4v) is 3.19. The van der Waals surface area contributed by atoms with E-state index in [2.05, 4.69) is 5.32 Å². The highest BCUT2D eigenvalue weighted by Crippen LogP contribution is 2.25. The second kappa shape index (κ2) is 6.51. The van der Waals surface area contributed by atoms with E-state index < -0.39 is 33.7 Å². The van der Waals surface area contributed by atoms with Crippen LogP contribution in [0.1, 0.15) is 18.4 Å². The van der Waals surface area contributed by atoms with Crippen LogP contribution in [0.25, 0.3) is 0 Å². The quantitative estimate of drug-likeness (QED) is 0.799. The third-order valence-electron chi connectivity index (χ3n) is 2.96. The Morgan fingerprint density at radius 1 is 1.33 bits per heavy atom. The maximum atomic E-state index is 14.2. The van der Waals surface area contributed by atoms with Crippen LogP contribution < -0.4 is 10.0 Å². The van der Waals surface area contributed by atoms with Crippen molar-refractivity contribution in [2.24, 2.45) is 0 Å². The van der Waals surface area contributed by atoms with Crippen molar-refractivity contribution in [1.29, 1.82) is 0 Å². The van der Waals surface area contributed by atoms with E-state index in [0.29, 0.717) is 6.04 Å². The summed E-state index contributed by atoms with van der Waals surface area (Å²) in [6.45, 7) is -0.946. The molecule has 0 amide bonds. The largest absolute Gasteiger partial charge is 0.310 e. The van der Waals surface area contributed by atoms with Crippen LogP contribution in [0.3, 0.4) is 0 Å². The SMILES string of the molecule is O=S(=O)(NCC(F)F)c1cc(Cl)cc(CNC2CC2)c1F. The lowest BCUT2D eigenvalue weighted by Gasteiger charge is -2.12. The van der Waals surface area contributed by atoms with Gasteiger partial charge in [-0.2, -0.15) is 0 Å². The van der Waals surface area contributed by atoms with Crippen LogP contribution in [0.4, 0.5) is 13.2 Å². The first-order valence-corrected chi connectivity index (χ1v) is 8.15. The lowest BCUT2D eigenvalue weighted by molar-refractivity contribution is 0.153. The molecule has 9 heteroatoms. The number of nitrogens with one attached hydrogen (secondary N) is 2. The van der Waals surface area contributed by atoms with Gasteiger partial charge in [0.05, 0.1) is 6.54 Å². The minimum Gasteiger partial charge on any atom is -0.310 e. The summed E-state index contributed by atoms with van der Waals surface area (Å²) in [6, 6.07) is 2.53. The van der Waals surface area contributed by atoms with Crippen LogP contribution >= 0.6 is 11.6 Å². The van der Waals surface area contributed by atoms with Gasteiger partial charge in [0.1, 0.15) is 10.7 Å². The lowest BCUT2D eigenvalue weighted by atomic mass is 10.2. The monoisotopic (exact) mass is 342 g/mol. The van der Waals surface area contributed by atoms with Gasteiger partial charge in [-0.15, -0.1) is 0 Å². The van der Waals surface area contributed by atoms with E-state index in [1.54, 1.807) is 4.72 Å². The number of rotatable bonds is 7. The maximum Gasteiger partial charge on any atom is 0.251 e. The van der Waals surface area contributed by atoms with E-state index in [0.717, 1.165) is 18.9 Å². The molecule has 0 spiro atoms. The predicted octanol–water partition coefficient (Wildman–Crippen LogP) is 2.27. The molecule has 0 aromatic heterocycles. The molecule has 1 aliphatic rings. The summed E-state index contributed by atoms with van der Waals surface area (Å²) in [6.07, 6.45) is -0.884. The Hall–Kier alpha value is -0.830. The Kier molecular flexibility index (Phi) is 5.13. The van der Waals surface area contributed by atoms with Crippen molar-refractivity contribution in [1.82, 2.24) is 10.0 Å². The van der Waals surface area contributed by atoms with Crippen LogP contribution in [0.15, 0.2) is 17.0 Å². The third-order valence-corrected chi connectivity index (χ3v) is 4.60. The average molecular weight is 343 g/mol. The zero-order chi connectivity index (χ0) is 15.6.